The van der Waals surface area contributed by atoms with Crippen molar-refractivity contribution in [1.29, 1.82) is 0 Å². The first kappa shape index (κ1) is 26.1. The maximum Gasteiger partial charge on any atom is 0.220 e. The van der Waals surface area contributed by atoms with Crippen molar-refractivity contribution < 1.29 is 12.9 Å². The van der Waals surface area contributed by atoms with Crippen LogP contribution in [-0.4, -0.2) is 92.5 Å². The Morgan fingerprint density at radius 1 is 1.34 bits per heavy atom. The third-order valence-corrected chi connectivity index (χ3v) is 6.96. The van der Waals surface area contributed by atoms with Gasteiger partial charge in [0.05, 0.1) is 12.2 Å². The van der Waals surface area contributed by atoms with Crippen LogP contribution in [0.25, 0.3) is 0 Å². The molecular weight excluding hydrogens is 507 g/mol. The van der Waals surface area contributed by atoms with Gasteiger partial charge in [-0.2, -0.15) is 4.31 Å². The Hall–Kier alpha value is -0.920. The van der Waals surface area contributed by atoms with Crippen LogP contribution in [0.4, 0.5) is 0 Å². The number of halogens is 1. The number of nitrogens with one attached hydrogen (secondary N) is 1. The van der Waals surface area contributed by atoms with Crippen LogP contribution >= 0.6 is 24.0 Å². The standard InChI is InChI=1S/C18H34N6O3S.HI/c1-5-16(3)22(4)9-8-20-18(19-6-2)23-10-12-24(13-11-23)28(25,26)15-17-7-14-27-21-17;/h7,14,16H,5-6,8-13,15H2,1-4H3,(H,19,20);1H. The predicted octanol–water partition coefficient (Wildman–Crippen LogP) is 1.44. The topological polar surface area (TPSA) is 94.3 Å². The first-order valence-electron chi connectivity index (χ1n) is 9.98. The average Bonchev–Trinajstić information content (AvgIpc) is 3.19. The molecule has 0 aliphatic carbocycles. The summed E-state index contributed by atoms with van der Waals surface area (Å²) in [6, 6.07) is 2.12. The third-order valence-electron chi connectivity index (χ3n) is 5.15. The highest BCUT2D eigenvalue weighted by Gasteiger charge is 2.29. The van der Waals surface area contributed by atoms with E-state index < -0.39 is 10.0 Å². The van der Waals surface area contributed by atoms with Crippen LogP contribution in [0, 0.1) is 0 Å². The fraction of sp³-hybridized carbons (Fsp3) is 0.778. The van der Waals surface area contributed by atoms with E-state index in [0.29, 0.717) is 44.5 Å². The van der Waals surface area contributed by atoms with Gasteiger partial charge in [0.15, 0.2) is 5.96 Å². The fourth-order valence-corrected chi connectivity index (χ4v) is 4.46. The number of guanidine groups is 1. The number of likely N-dealkylation sites (N-methyl/N-ethyl adjacent to an activating group) is 1. The van der Waals surface area contributed by atoms with E-state index >= 15 is 0 Å². The largest absolute Gasteiger partial charge is 0.364 e. The molecule has 1 fully saturated rings. The number of hydrogen-bond donors (Lipinski definition) is 1. The molecule has 0 radical (unpaired) electrons. The Morgan fingerprint density at radius 2 is 2.03 bits per heavy atom. The van der Waals surface area contributed by atoms with Gasteiger partial charge < -0.3 is 19.6 Å². The first-order chi connectivity index (χ1) is 13.4. The number of hydrogen-bond acceptors (Lipinski definition) is 6. The summed E-state index contributed by atoms with van der Waals surface area (Å²) >= 11 is 0. The van der Waals surface area contributed by atoms with Gasteiger partial charge in [0.25, 0.3) is 0 Å². The Labute approximate surface area is 191 Å². The number of aliphatic imine (C=N–C) groups is 1. The van der Waals surface area contributed by atoms with Crippen molar-refractivity contribution in [2.75, 3.05) is 52.9 Å². The summed E-state index contributed by atoms with van der Waals surface area (Å²) in [6.45, 7) is 11.0. The molecule has 29 heavy (non-hydrogen) atoms. The Balaban J connectivity index is 0.00000420. The zero-order valence-corrected chi connectivity index (χ0v) is 21.0. The molecule has 1 atom stereocenters. The quantitative estimate of drug-likeness (QED) is 0.287. The Bertz CT molecular complexity index is 705. The van der Waals surface area contributed by atoms with Crippen LogP contribution in [0.1, 0.15) is 32.9 Å². The van der Waals surface area contributed by atoms with Gasteiger partial charge in [-0.3, -0.25) is 4.99 Å². The summed E-state index contributed by atoms with van der Waals surface area (Å²) in [5.41, 5.74) is 0.433. The van der Waals surface area contributed by atoms with Crippen LogP contribution in [0.5, 0.6) is 0 Å². The van der Waals surface area contributed by atoms with Gasteiger partial charge in [-0.15, -0.1) is 24.0 Å². The van der Waals surface area contributed by atoms with Crippen molar-refractivity contribution in [2.45, 2.75) is 39.0 Å². The number of aromatic nitrogens is 1. The summed E-state index contributed by atoms with van der Waals surface area (Å²) < 4.78 is 31.4. The summed E-state index contributed by atoms with van der Waals surface area (Å²) in [5.74, 6) is 0.730. The normalized spacial score (nSPS) is 17.3. The van der Waals surface area contributed by atoms with Gasteiger partial charge in [-0.25, -0.2) is 8.42 Å². The molecule has 1 N–H and O–H groups in total. The number of sulfonamides is 1. The van der Waals surface area contributed by atoms with E-state index in [9.17, 15) is 8.42 Å². The molecule has 0 saturated carbocycles. The van der Waals surface area contributed by atoms with Crippen molar-refractivity contribution >= 4 is 40.0 Å². The highest BCUT2D eigenvalue weighted by Crippen LogP contribution is 2.13. The Kier molecular flexibility index (Phi) is 11.4. The predicted molar refractivity (Wildman–Crippen MR) is 126 cm³/mol. The van der Waals surface area contributed by atoms with E-state index in [1.54, 1.807) is 6.07 Å². The molecule has 11 heteroatoms. The van der Waals surface area contributed by atoms with E-state index in [1.165, 1.54) is 10.6 Å². The molecule has 9 nitrogen and oxygen atoms in total. The van der Waals surface area contributed by atoms with Crippen molar-refractivity contribution in [3.8, 4) is 0 Å². The second-order valence-electron chi connectivity index (χ2n) is 7.11. The van der Waals surface area contributed by atoms with E-state index in [1.807, 2.05) is 6.92 Å². The lowest BCUT2D eigenvalue weighted by Crippen LogP contribution is -2.54. The molecule has 2 heterocycles. The van der Waals surface area contributed by atoms with Crippen molar-refractivity contribution in [1.82, 2.24) is 24.6 Å². The summed E-state index contributed by atoms with van der Waals surface area (Å²) in [6.07, 6.45) is 2.51. The number of rotatable bonds is 9. The van der Waals surface area contributed by atoms with Crippen LogP contribution in [0.2, 0.25) is 0 Å². The van der Waals surface area contributed by atoms with Crippen molar-refractivity contribution in [3.63, 3.8) is 0 Å². The second kappa shape index (κ2) is 12.7. The highest BCUT2D eigenvalue weighted by molar-refractivity contribution is 14.0. The van der Waals surface area contributed by atoms with Gasteiger partial charge in [0, 0.05) is 51.4 Å². The van der Waals surface area contributed by atoms with Gasteiger partial charge in [0.2, 0.25) is 10.0 Å². The Morgan fingerprint density at radius 3 is 2.59 bits per heavy atom. The summed E-state index contributed by atoms with van der Waals surface area (Å²) in [5, 5.41) is 7.03. The minimum Gasteiger partial charge on any atom is -0.364 e. The maximum atomic E-state index is 12.6. The van der Waals surface area contributed by atoms with Crippen LogP contribution in [0.15, 0.2) is 21.8 Å². The second-order valence-corrected chi connectivity index (χ2v) is 9.08. The SMILES string of the molecule is CCNC(=NCCN(C)C(C)CC)N1CCN(S(=O)(=O)Cc2ccon2)CC1.I. The number of nitrogens with zero attached hydrogens (tertiary/aromatic N) is 5. The lowest BCUT2D eigenvalue weighted by atomic mass is 10.2. The van der Waals surface area contributed by atoms with Crippen LogP contribution < -0.4 is 5.32 Å². The van der Waals surface area contributed by atoms with E-state index in [4.69, 9.17) is 9.52 Å². The third kappa shape index (κ3) is 8.02. The molecule has 1 saturated heterocycles. The number of piperazine rings is 1. The molecular formula is C18H35IN6O3S. The van der Waals surface area contributed by atoms with Gasteiger partial charge in [0.1, 0.15) is 12.0 Å². The molecule has 1 aromatic heterocycles. The molecule has 2 rings (SSSR count). The lowest BCUT2D eigenvalue weighted by Gasteiger charge is -2.35. The molecule has 1 aliphatic rings. The van der Waals surface area contributed by atoms with Crippen molar-refractivity contribution in [3.05, 3.63) is 18.0 Å². The molecule has 1 aliphatic heterocycles. The average molecular weight is 542 g/mol. The molecule has 168 valence electrons. The van der Waals surface area contributed by atoms with E-state index in [-0.39, 0.29) is 29.7 Å². The van der Waals surface area contributed by atoms with Crippen molar-refractivity contribution in [2.24, 2.45) is 4.99 Å². The molecule has 0 amide bonds. The molecule has 1 unspecified atom stereocenters. The minimum absolute atomic E-state index is 0. The molecule has 0 aromatic carbocycles. The smallest absolute Gasteiger partial charge is 0.220 e. The lowest BCUT2D eigenvalue weighted by molar-refractivity contribution is 0.252. The van der Waals surface area contributed by atoms with Gasteiger partial charge in [-0.1, -0.05) is 12.1 Å². The summed E-state index contributed by atoms with van der Waals surface area (Å²) in [7, 11) is -1.27. The van der Waals surface area contributed by atoms with Gasteiger partial charge >= 0.3 is 0 Å². The fourth-order valence-electron chi connectivity index (χ4n) is 3.04. The molecule has 1 aromatic rings. The molecule has 0 bridgehead atoms. The van der Waals surface area contributed by atoms with Crippen LogP contribution in [-0.2, 0) is 15.8 Å². The van der Waals surface area contributed by atoms with E-state index in [0.717, 1.165) is 25.5 Å². The van der Waals surface area contributed by atoms with E-state index in [2.05, 4.69) is 41.2 Å². The molecule has 0 spiro atoms. The monoisotopic (exact) mass is 542 g/mol. The maximum absolute atomic E-state index is 12.6. The minimum atomic E-state index is -3.39. The first-order valence-corrected chi connectivity index (χ1v) is 11.6. The zero-order chi connectivity index (χ0) is 20.6. The summed E-state index contributed by atoms with van der Waals surface area (Å²) in [4.78, 5) is 9.18. The van der Waals surface area contributed by atoms with Crippen LogP contribution in [0.3, 0.4) is 0 Å². The van der Waals surface area contributed by atoms with Gasteiger partial charge in [-0.05, 0) is 27.3 Å². The highest BCUT2D eigenvalue weighted by atomic mass is 127. The zero-order valence-electron chi connectivity index (χ0n) is 17.9.